The van der Waals surface area contributed by atoms with Gasteiger partial charge in [0.1, 0.15) is 11.6 Å². The van der Waals surface area contributed by atoms with Crippen LogP contribution in [0, 0.1) is 25.1 Å². The van der Waals surface area contributed by atoms with Crippen molar-refractivity contribution in [3.8, 4) is 5.75 Å². The van der Waals surface area contributed by atoms with E-state index in [1.807, 2.05) is 68.4 Å². The molecule has 1 fully saturated rings. The molecule has 0 radical (unpaired) electrons. The molecule has 5 nitrogen and oxygen atoms in total. The average molecular weight is 553 g/mol. The van der Waals surface area contributed by atoms with Crippen LogP contribution in [0.15, 0.2) is 66.7 Å². The number of carbonyl (C=O) groups excluding carboxylic acids is 1. The van der Waals surface area contributed by atoms with Crippen LogP contribution in [0.5, 0.6) is 5.75 Å². The molecule has 1 saturated heterocycles. The number of benzene rings is 3. The molecule has 0 spiro atoms. The Kier molecular flexibility index (Phi) is 10.0. The van der Waals surface area contributed by atoms with Gasteiger partial charge in [-0.25, -0.2) is 4.39 Å². The number of piperidine rings is 1. The minimum Gasteiger partial charge on any atom is -0.493 e. The Morgan fingerprint density at radius 1 is 1.10 bits per heavy atom. The lowest BCUT2D eigenvalue weighted by Crippen LogP contribution is -2.49. The number of nitrogens with zero attached hydrogens (tertiary/aromatic N) is 2. The minimum atomic E-state index is -0.466. The number of aliphatic hydroxyl groups is 1. The molecule has 208 valence electrons. The molecule has 1 N–H and O–H groups in total. The SMILES string of the molecule is Cc1cc(OCC2(CC(=O)N(CCO)Cc3ccccc3)CCCN(Cc3ccccc3F)C2)cc(C)c1Cl. The molecule has 0 saturated carbocycles. The Morgan fingerprint density at radius 3 is 2.49 bits per heavy atom. The van der Waals surface area contributed by atoms with Crippen molar-refractivity contribution in [2.45, 2.75) is 46.2 Å². The van der Waals surface area contributed by atoms with E-state index in [-0.39, 0.29) is 31.3 Å². The Bertz CT molecular complexity index is 1230. The van der Waals surface area contributed by atoms with Crippen molar-refractivity contribution < 1.29 is 19.0 Å². The molecule has 1 unspecified atom stereocenters. The molecule has 7 heteroatoms. The van der Waals surface area contributed by atoms with Crippen molar-refractivity contribution in [2.75, 3.05) is 32.8 Å². The molecule has 0 aromatic heterocycles. The van der Waals surface area contributed by atoms with E-state index in [4.69, 9.17) is 16.3 Å². The van der Waals surface area contributed by atoms with Crippen molar-refractivity contribution >= 4 is 17.5 Å². The average Bonchev–Trinajstić information content (AvgIpc) is 2.92. The fourth-order valence-corrected chi connectivity index (χ4v) is 5.61. The van der Waals surface area contributed by atoms with Gasteiger partial charge in [0.15, 0.2) is 0 Å². The van der Waals surface area contributed by atoms with Gasteiger partial charge in [0.05, 0.1) is 13.2 Å². The predicted molar refractivity (Wildman–Crippen MR) is 153 cm³/mol. The first-order valence-corrected chi connectivity index (χ1v) is 13.9. The summed E-state index contributed by atoms with van der Waals surface area (Å²) in [5.41, 5.74) is 3.08. The van der Waals surface area contributed by atoms with Crippen LogP contribution < -0.4 is 4.74 Å². The molecule has 1 amide bonds. The fourth-order valence-electron chi connectivity index (χ4n) is 5.50. The van der Waals surface area contributed by atoms with E-state index in [0.717, 1.165) is 46.8 Å². The van der Waals surface area contributed by atoms with Gasteiger partial charge in [0, 0.05) is 48.6 Å². The monoisotopic (exact) mass is 552 g/mol. The van der Waals surface area contributed by atoms with Gasteiger partial charge >= 0.3 is 0 Å². The number of hydrogen-bond acceptors (Lipinski definition) is 4. The van der Waals surface area contributed by atoms with Gasteiger partial charge in [0.25, 0.3) is 0 Å². The molecule has 1 aliphatic heterocycles. The normalized spacial score (nSPS) is 17.7. The summed E-state index contributed by atoms with van der Waals surface area (Å²) in [7, 11) is 0. The Morgan fingerprint density at radius 2 is 1.79 bits per heavy atom. The van der Waals surface area contributed by atoms with Gasteiger partial charge in [-0.3, -0.25) is 9.69 Å². The zero-order chi connectivity index (χ0) is 27.8. The first-order chi connectivity index (χ1) is 18.8. The van der Waals surface area contributed by atoms with Crippen LogP contribution in [0.1, 0.15) is 41.5 Å². The highest BCUT2D eigenvalue weighted by Crippen LogP contribution is 2.37. The topological polar surface area (TPSA) is 53.0 Å². The lowest BCUT2D eigenvalue weighted by atomic mass is 9.77. The summed E-state index contributed by atoms with van der Waals surface area (Å²) in [5, 5.41) is 10.4. The standard InChI is InChI=1S/C32H38ClFN2O3/c1-24-17-28(18-25(2)31(24)33)39-23-32(13-8-14-35(22-32)21-27-11-6-7-12-29(27)34)19-30(38)36(15-16-37)20-26-9-4-3-5-10-26/h3-7,9-12,17-18,37H,8,13-16,19-23H2,1-2H3. The number of rotatable bonds is 11. The van der Waals surface area contributed by atoms with Crippen molar-refractivity contribution in [3.63, 3.8) is 0 Å². The maximum absolute atomic E-state index is 14.5. The fraction of sp³-hybridized carbons (Fsp3) is 0.406. The third kappa shape index (κ3) is 7.81. The number of likely N-dealkylation sites (tertiary alicyclic amines) is 1. The van der Waals surface area contributed by atoms with Gasteiger partial charge in [-0.1, -0.05) is 60.1 Å². The third-order valence-corrected chi connectivity index (χ3v) is 8.11. The summed E-state index contributed by atoms with van der Waals surface area (Å²) in [6.45, 7) is 6.76. The lowest BCUT2D eigenvalue weighted by molar-refractivity contribution is -0.137. The van der Waals surface area contributed by atoms with Crippen LogP contribution in [0.3, 0.4) is 0 Å². The second-order valence-electron chi connectivity index (χ2n) is 10.8. The van der Waals surface area contributed by atoms with Crippen LogP contribution in [0.25, 0.3) is 0 Å². The lowest BCUT2D eigenvalue weighted by Gasteiger charge is -2.43. The molecular weight excluding hydrogens is 515 g/mol. The number of amides is 1. The number of aryl methyl sites for hydroxylation is 2. The molecule has 3 aromatic rings. The maximum atomic E-state index is 14.5. The van der Waals surface area contributed by atoms with Crippen LogP contribution >= 0.6 is 11.6 Å². The third-order valence-electron chi connectivity index (χ3n) is 7.51. The zero-order valence-electron chi connectivity index (χ0n) is 22.8. The highest BCUT2D eigenvalue weighted by molar-refractivity contribution is 6.32. The Balaban J connectivity index is 1.56. The van der Waals surface area contributed by atoms with Crippen LogP contribution in [0.4, 0.5) is 4.39 Å². The maximum Gasteiger partial charge on any atom is 0.223 e. The van der Waals surface area contributed by atoms with Crippen molar-refractivity contribution in [1.82, 2.24) is 9.80 Å². The van der Waals surface area contributed by atoms with Crippen LogP contribution in [0.2, 0.25) is 5.02 Å². The van der Waals surface area contributed by atoms with Gasteiger partial charge in [-0.05, 0) is 68.1 Å². The summed E-state index contributed by atoms with van der Waals surface area (Å²) in [5.74, 6) is 0.488. The van der Waals surface area contributed by atoms with E-state index in [1.54, 1.807) is 11.0 Å². The van der Waals surface area contributed by atoms with Crippen molar-refractivity contribution in [2.24, 2.45) is 5.41 Å². The number of hydrogen-bond donors (Lipinski definition) is 1. The molecule has 0 aliphatic carbocycles. The number of halogens is 2. The number of ether oxygens (including phenoxy) is 1. The van der Waals surface area contributed by atoms with Crippen molar-refractivity contribution in [1.29, 1.82) is 0 Å². The first kappa shape index (κ1) is 29.1. The second-order valence-corrected chi connectivity index (χ2v) is 11.1. The smallest absolute Gasteiger partial charge is 0.223 e. The van der Waals surface area contributed by atoms with Crippen LogP contribution in [-0.2, 0) is 17.9 Å². The summed E-state index contributed by atoms with van der Waals surface area (Å²) >= 11 is 6.37. The van der Waals surface area contributed by atoms with E-state index in [0.29, 0.717) is 31.8 Å². The van der Waals surface area contributed by atoms with Gasteiger partial charge in [-0.15, -0.1) is 0 Å². The van der Waals surface area contributed by atoms with E-state index >= 15 is 0 Å². The summed E-state index contributed by atoms with van der Waals surface area (Å²) in [6.07, 6.45) is 1.97. The second kappa shape index (κ2) is 13.4. The molecular formula is C32H38ClFN2O3. The molecule has 1 heterocycles. The van der Waals surface area contributed by atoms with E-state index < -0.39 is 5.41 Å². The number of carbonyl (C=O) groups is 1. The first-order valence-electron chi connectivity index (χ1n) is 13.6. The summed E-state index contributed by atoms with van der Waals surface area (Å²) in [6, 6.07) is 20.5. The highest BCUT2D eigenvalue weighted by atomic mass is 35.5. The van der Waals surface area contributed by atoms with Gasteiger partial charge in [0.2, 0.25) is 5.91 Å². The van der Waals surface area contributed by atoms with Gasteiger partial charge in [-0.2, -0.15) is 0 Å². The van der Waals surface area contributed by atoms with E-state index in [2.05, 4.69) is 4.90 Å². The van der Waals surface area contributed by atoms with E-state index in [9.17, 15) is 14.3 Å². The largest absolute Gasteiger partial charge is 0.493 e. The van der Waals surface area contributed by atoms with Gasteiger partial charge < -0.3 is 14.7 Å². The quantitative estimate of drug-likeness (QED) is 0.309. The molecule has 1 atom stereocenters. The molecule has 3 aromatic carbocycles. The number of aliphatic hydroxyl groups excluding tert-OH is 1. The van der Waals surface area contributed by atoms with Crippen molar-refractivity contribution in [3.05, 3.63) is 99.8 Å². The van der Waals surface area contributed by atoms with E-state index in [1.165, 1.54) is 6.07 Å². The minimum absolute atomic E-state index is 0.0206. The molecule has 4 rings (SSSR count). The zero-order valence-corrected chi connectivity index (χ0v) is 23.6. The highest BCUT2D eigenvalue weighted by Gasteiger charge is 2.39. The molecule has 1 aliphatic rings. The Hall–Kier alpha value is -2.93. The van der Waals surface area contributed by atoms with Crippen LogP contribution in [-0.4, -0.2) is 53.7 Å². The summed E-state index contributed by atoms with van der Waals surface area (Å²) in [4.78, 5) is 17.7. The summed E-state index contributed by atoms with van der Waals surface area (Å²) < 4.78 is 20.8. The molecule has 39 heavy (non-hydrogen) atoms. The predicted octanol–water partition coefficient (Wildman–Crippen LogP) is 6.17. The Labute approximate surface area is 236 Å². The molecule has 0 bridgehead atoms.